The minimum Gasteiger partial charge on any atom is -0.312 e. The first-order chi connectivity index (χ1) is 15.0. The van der Waals surface area contributed by atoms with Gasteiger partial charge in [-0.2, -0.15) is 0 Å². The fraction of sp³-hybridized carbons (Fsp3) is 0.458. The monoisotopic (exact) mass is 439 g/mol. The number of hydrogen-bond acceptors (Lipinski definition) is 4. The number of rotatable bonds is 7. The highest BCUT2D eigenvalue weighted by atomic mass is 32.2. The molecule has 2 aromatic carbocycles. The van der Waals surface area contributed by atoms with E-state index in [0.717, 1.165) is 49.3 Å². The highest BCUT2D eigenvalue weighted by Gasteiger charge is 2.36. The van der Waals surface area contributed by atoms with Crippen molar-refractivity contribution in [2.24, 2.45) is 5.92 Å². The number of amides is 1. The Bertz CT molecular complexity index is 1070. The van der Waals surface area contributed by atoms with Crippen molar-refractivity contribution in [3.8, 4) is 0 Å². The van der Waals surface area contributed by atoms with E-state index in [0.29, 0.717) is 13.0 Å². The summed E-state index contributed by atoms with van der Waals surface area (Å²) in [4.78, 5) is 17.0. The van der Waals surface area contributed by atoms with Crippen LogP contribution in [0, 0.1) is 5.92 Å². The first-order valence-electron chi connectivity index (χ1n) is 11.2. The van der Waals surface area contributed by atoms with E-state index in [4.69, 9.17) is 0 Å². The maximum atomic E-state index is 12.8. The molecule has 1 saturated heterocycles. The van der Waals surface area contributed by atoms with E-state index in [-0.39, 0.29) is 23.3 Å². The lowest BCUT2D eigenvalue weighted by molar-refractivity contribution is -0.119. The Morgan fingerprint density at radius 1 is 0.968 bits per heavy atom. The summed E-state index contributed by atoms with van der Waals surface area (Å²) in [6.45, 7) is 4.19. The molecule has 2 aromatic rings. The lowest BCUT2D eigenvalue weighted by atomic mass is 10.1. The molecule has 31 heavy (non-hydrogen) atoms. The number of likely N-dealkylation sites (tertiary alicyclic amines) is 1. The lowest BCUT2D eigenvalue weighted by Gasteiger charge is -2.17. The number of nitrogens with one attached hydrogen (secondary N) is 1. The van der Waals surface area contributed by atoms with Crippen molar-refractivity contribution in [3.63, 3.8) is 0 Å². The van der Waals surface area contributed by atoms with Gasteiger partial charge in [-0.1, -0.05) is 24.3 Å². The van der Waals surface area contributed by atoms with Gasteiger partial charge in [-0.15, -0.1) is 0 Å². The van der Waals surface area contributed by atoms with Crippen LogP contribution in [0.2, 0.25) is 0 Å². The van der Waals surface area contributed by atoms with Crippen LogP contribution in [-0.4, -0.2) is 38.9 Å². The van der Waals surface area contributed by atoms with Crippen molar-refractivity contribution < 1.29 is 13.2 Å². The molecule has 1 saturated carbocycles. The average molecular weight is 440 g/mol. The molecule has 6 nitrogen and oxygen atoms in total. The molecule has 5 rings (SSSR count). The minimum absolute atomic E-state index is 0.165. The van der Waals surface area contributed by atoms with Gasteiger partial charge in [-0.05, 0) is 80.1 Å². The smallest absolute Gasteiger partial charge is 0.240 e. The zero-order chi connectivity index (χ0) is 21.4. The SMILES string of the molecule is O=C(C1CC1)N1CCc2cc(S(=O)(=O)NCc3ccc(CN4CCCC4)cc3)ccc21. The molecular weight excluding hydrogens is 410 g/mol. The van der Waals surface area contributed by atoms with E-state index in [1.54, 1.807) is 18.2 Å². The van der Waals surface area contributed by atoms with Gasteiger partial charge in [0.15, 0.2) is 0 Å². The Labute approximate surface area is 184 Å². The average Bonchev–Trinajstić information content (AvgIpc) is 3.34. The Balaban J connectivity index is 1.22. The van der Waals surface area contributed by atoms with E-state index in [1.165, 1.54) is 18.4 Å². The normalized spacial score (nSPS) is 19.0. The fourth-order valence-corrected chi connectivity index (χ4v) is 5.62. The molecule has 0 spiro atoms. The van der Waals surface area contributed by atoms with Crippen LogP contribution < -0.4 is 9.62 Å². The number of carbonyl (C=O) groups is 1. The van der Waals surface area contributed by atoms with Crippen LogP contribution in [0.3, 0.4) is 0 Å². The largest absolute Gasteiger partial charge is 0.312 e. The van der Waals surface area contributed by atoms with E-state index in [9.17, 15) is 13.2 Å². The molecule has 2 heterocycles. The summed E-state index contributed by atoms with van der Waals surface area (Å²) in [6.07, 6.45) is 5.20. The van der Waals surface area contributed by atoms with Crippen LogP contribution in [0.1, 0.15) is 42.4 Å². The Morgan fingerprint density at radius 2 is 1.68 bits per heavy atom. The second-order valence-corrected chi connectivity index (χ2v) is 10.7. The van der Waals surface area contributed by atoms with Crippen LogP contribution in [-0.2, 0) is 34.3 Å². The van der Waals surface area contributed by atoms with Gasteiger partial charge in [0.25, 0.3) is 0 Å². The van der Waals surface area contributed by atoms with Gasteiger partial charge in [-0.3, -0.25) is 9.69 Å². The molecule has 0 radical (unpaired) electrons. The molecule has 7 heteroatoms. The first kappa shape index (κ1) is 20.7. The standard InChI is InChI=1S/C24H29N3O3S/c28-24(20-7-8-20)27-14-11-21-15-22(9-10-23(21)27)31(29,30)25-16-18-3-5-19(6-4-18)17-26-12-1-2-13-26/h3-6,9-10,15,20,25H,1-2,7-8,11-14,16-17H2. The van der Waals surface area contributed by atoms with E-state index < -0.39 is 10.0 Å². The highest BCUT2D eigenvalue weighted by Crippen LogP contribution is 2.37. The molecule has 0 atom stereocenters. The van der Waals surface area contributed by atoms with Crippen LogP contribution in [0.5, 0.6) is 0 Å². The van der Waals surface area contributed by atoms with Gasteiger partial charge in [-0.25, -0.2) is 13.1 Å². The van der Waals surface area contributed by atoms with Crippen molar-refractivity contribution >= 4 is 21.6 Å². The van der Waals surface area contributed by atoms with Crippen molar-refractivity contribution in [3.05, 3.63) is 59.2 Å². The summed E-state index contributed by atoms with van der Waals surface area (Å²) in [5, 5.41) is 0. The second kappa shape index (κ2) is 8.37. The number of anilines is 1. The van der Waals surface area contributed by atoms with Crippen LogP contribution in [0.4, 0.5) is 5.69 Å². The predicted molar refractivity (Wildman–Crippen MR) is 120 cm³/mol. The van der Waals surface area contributed by atoms with Gasteiger partial charge in [0, 0.05) is 31.2 Å². The number of hydrogen-bond donors (Lipinski definition) is 1. The summed E-state index contributed by atoms with van der Waals surface area (Å²) in [5.41, 5.74) is 4.00. The molecular formula is C24H29N3O3S. The summed E-state index contributed by atoms with van der Waals surface area (Å²) < 4.78 is 28.4. The molecule has 0 unspecified atom stereocenters. The molecule has 164 valence electrons. The van der Waals surface area contributed by atoms with Crippen molar-refractivity contribution in [2.45, 2.75) is 50.1 Å². The summed E-state index contributed by atoms with van der Waals surface area (Å²) in [5.74, 6) is 0.346. The molecule has 3 aliphatic rings. The van der Waals surface area contributed by atoms with Crippen molar-refractivity contribution in [2.75, 3.05) is 24.5 Å². The molecule has 1 amide bonds. The Kier molecular flexibility index (Phi) is 5.58. The van der Waals surface area contributed by atoms with Crippen molar-refractivity contribution in [1.29, 1.82) is 0 Å². The van der Waals surface area contributed by atoms with Crippen LogP contribution in [0.15, 0.2) is 47.4 Å². The number of benzene rings is 2. The molecule has 0 bridgehead atoms. The first-order valence-corrected chi connectivity index (χ1v) is 12.7. The zero-order valence-corrected chi connectivity index (χ0v) is 18.5. The predicted octanol–water partition coefficient (Wildman–Crippen LogP) is 3.06. The lowest BCUT2D eigenvalue weighted by Crippen LogP contribution is -2.30. The van der Waals surface area contributed by atoms with E-state index in [1.807, 2.05) is 17.0 Å². The third kappa shape index (κ3) is 4.54. The summed E-state index contributed by atoms with van der Waals surface area (Å²) in [7, 11) is -3.61. The number of carbonyl (C=O) groups excluding carboxylic acids is 1. The number of fused-ring (bicyclic) bond motifs is 1. The fourth-order valence-electron chi connectivity index (χ4n) is 4.55. The van der Waals surface area contributed by atoms with Crippen LogP contribution >= 0.6 is 0 Å². The van der Waals surface area contributed by atoms with Gasteiger partial charge in [0.05, 0.1) is 4.90 Å². The molecule has 0 aromatic heterocycles. The summed E-state index contributed by atoms with van der Waals surface area (Å²) in [6, 6.07) is 13.3. The maximum Gasteiger partial charge on any atom is 0.240 e. The minimum atomic E-state index is -3.61. The molecule has 1 aliphatic carbocycles. The highest BCUT2D eigenvalue weighted by molar-refractivity contribution is 7.89. The molecule has 2 fully saturated rings. The van der Waals surface area contributed by atoms with Crippen molar-refractivity contribution in [1.82, 2.24) is 9.62 Å². The van der Waals surface area contributed by atoms with Gasteiger partial charge < -0.3 is 4.90 Å². The zero-order valence-electron chi connectivity index (χ0n) is 17.7. The van der Waals surface area contributed by atoms with Crippen LogP contribution in [0.25, 0.3) is 0 Å². The quantitative estimate of drug-likeness (QED) is 0.720. The Hall–Kier alpha value is -2.22. The number of sulfonamides is 1. The molecule has 1 N–H and O–H groups in total. The Morgan fingerprint density at radius 3 is 2.39 bits per heavy atom. The van der Waals surface area contributed by atoms with Gasteiger partial charge >= 0.3 is 0 Å². The summed E-state index contributed by atoms with van der Waals surface area (Å²) >= 11 is 0. The third-order valence-electron chi connectivity index (χ3n) is 6.54. The van der Waals surface area contributed by atoms with Gasteiger partial charge in [0.2, 0.25) is 15.9 Å². The van der Waals surface area contributed by atoms with Gasteiger partial charge in [0.1, 0.15) is 0 Å². The van der Waals surface area contributed by atoms with E-state index in [2.05, 4.69) is 21.8 Å². The maximum absolute atomic E-state index is 12.8. The number of nitrogens with zero attached hydrogens (tertiary/aromatic N) is 2. The third-order valence-corrected chi connectivity index (χ3v) is 7.94. The molecule has 2 aliphatic heterocycles. The van der Waals surface area contributed by atoms with E-state index >= 15 is 0 Å². The second-order valence-electron chi connectivity index (χ2n) is 8.93. The topological polar surface area (TPSA) is 69.7 Å².